The number of piperidine rings is 4. The molecule has 678 valence electrons. The van der Waals surface area contributed by atoms with Gasteiger partial charge in [0.05, 0.1) is 29.2 Å². The van der Waals surface area contributed by atoms with Crippen LogP contribution in [0.15, 0.2) is 164 Å². The summed E-state index contributed by atoms with van der Waals surface area (Å²) in [6, 6.07) is 21.0. The van der Waals surface area contributed by atoms with E-state index >= 15 is 26.3 Å². The number of hydrogen-bond acceptors (Lipinski definition) is 15. The smallest absolute Gasteiger partial charge is 0.366 e. The Kier molecular flexibility index (Phi) is 28.7. The summed E-state index contributed by atoms with van der Waals surface area (Å²) in [5, 5.41) is 29.4. The van der Waals surface area contributed by atoms with Gasteiger partial charge in [0.15, 0.2) is 11.6 Å². The Morgan fingerprint density at radius 1 is 0.359 bits per heavy atom. The molecule has 7 aliphatic rings. The number of ketones is 2. The summed E-state index contributed by atoms with van der Waals surface area (Å²) in [6.07, 6.45) is 8.82. The fraction of sp³-hybridized carbons (Fsp3) is 0.387. The van der Waals surface area contributed by atoms with Crippen molar-refractivity contribution in [2.24, 2.45) is 11.8 Å². The van der Waals surface area contributed by atoms with E-state index in [-0.39, 0.29) is 82.1 Å². The molecule has 0 saturated carbocycles. The van der Waals surface area contributed by atoms with Gasteiger partial charge in [-0.1, -0.05) is 13.2 Å². The van der Waals surface area contributed by atoms with E-state index in [0.29, 0.717) is 124 Å². The summed E-state index contributed by atoms with van der Waals surface area (Å²) in [5.74, 6) is -25.8. The molecule has 6 amide bonds. The van der Waals surface area contributed by atoms with Crippen LogP contribution < -0.4 is 21.3 Å². The van der Waals surface area contributed by atoms with Crippen LogP contribution in [0.4, 0.5) is 84.2 Å². The summed E-state index contributed by atoms with van der Waals surface area (Å²) in [7, 11) is 0. The fourth-order valence-corrected chi connectivity index (χ4v) is 17.5. The van der Waals surface area contributed by atoms with E-state index in [9.17, 15) is 83.7 Å². The number of carbonyl (C=O) groups excluding carboxylic acids is 8. The van der Waals surface area contributed by atoms with Crippen LogP contribution in [0.25, 0.3) is 0 Å². The van der Waals surface area contributed by atoms with E-state index in [2.05, 4.69) is 49.4 Å². The molecule has 6 N–H and O–H groups in total. The SMILES string of the molecule is C=C(N1CCC(O)CC1)C(F)(F)c1cc(C(=O)Nc2ccc(F)c(C)c2)ccn1.C=C(N1[C@@H]2CC[C@H]1CC(O)C2)C(F)(F)c1cc(C(=O)Nc2cc(C)c(F)c(F)c2)ccc1F.CC(=O)C1C[C@H]2CC[C@@H](C1)N2C(=O)C(F)(F)c1cc(C(=O)Nc2ccc(F)c(C)c2)ccn1.CC(=O)C1C[C@H]2CC[C@@H](C1)N2C(=O)C(F)(F)c1cc(C(=O)Nc2ccc(F)c(C)c2)ccn1. The maximum absolute atomic E-state index is 15.4. The van der Waals surface area contributed by atoms with Crippen molar-refractivity contribution >= 4 is 69.8 Å². The number of nitrogens with zero attached hydrogens (tertiary/aromatic N) is 7. The number of fused-ring (bicyclic) bond motifs is 6. The van der Waals surface area contributed by atoms with Gasteiger partial charge in [-0.3, -0.25) is 53.3 Å². The van der Waals surface area contributed by atoms with Crippen LogP contribution in [0.3, 0.4) is 0 Å². The number of halogens is 14. The molecule has 9 atom stereocenters. The second-order valence-electron chi connectivity index (χ2n) is 33.4. The molecule has 21 nitrogen and oxygen atoms in total. The number of amides is 6. The van der Waals surface area contributed by atoms with Crippen molar-refractivity contribution in [1.82, 2.24) is 34.6 Å². The lowest BCUT2D eigenvalue weighted by molar-refractivity contribution is -0.166. The molecule has 35 heteroatoms. The number of allylic oxidation sites excluding steroid dienone is 2. The minimum Gasteiger partial charge on any atom is -0.393 e. The highest BCUT2D eigenvalue weighted by Crippen LogP contribution is 2.49. The van der Waals surface area contributed by atoms with Gasteiger partial charge < -0.3 is 51.1 Å². The predicted molar refractivity (Wildman–Crippen MR) is 444 cm³/mol. The van der Waals surface area contributed by atoms with Crippen LogP contribution in [0.2, 0.25) is 0 Å². The van der Waals surface area contributed by atoms with Crippen molar-refractivity contribution < 1.29 is 110 Å². The minimum atomic E-state index is -3.92. The van der Waals surface area contributed by atoms with Gasteiger partial charge in [0.25, 0.3) is 35.4 Å². The largest absolute Gasteiger partial charge is 0.393 e. The first-order valence-corrected chi connectivity index (χ1v) is 41.5. The summed E-state index contributed by atoms with van der Waals surface area (Å²) in [6.45, 7) is 16.6. The highest BCUT2D eigenvalue weighted by molar-refractivity contribution is 6.07. The zero-order valence-corrected chi connectivity index (χ0v) is 70.4. The minimum absolute atomic E-state index is 0.00137. The highest BCUT2D eigenvalue weighted by atomic mass is 19.3. The van der Waals surface area contributed by atoms with Gasteiger partial charge in [-0.2, -0.15) is 35.1 Å². The third-order valence-corrected chi connectivity index (χ3v) is 24.5. The molecule has 3 unspecified atom stereocenters. The lowest BCUT2D eigenvalue weighted by Crippen LogP contribution is -2.52. The number of rotatable bonds is 20. The Morgan fingerprint density at radius 2 is 0.688 bits per heavy atom. The molecule has 0 spiro atoms. The van der Waals surface area contributed by atoms with E-state index in [0.717, 1.165) is 61.1 Å². The molecule has 7 saturated heterocycles. The summed E-state index contributed by atoms with van der Waals surface area (Å²) in [4.78, 5) is 116. The van der Waals surface area contributed by atoms with E-state index in [1.165, 1.54) is 133 Å². The number of aliphatic hydroxyl groups is 2. The number of aromatic nitrogens is 3. The summed E-state index contributed by atoms with van der Waals surface area (Å²) < 4.78 is 204. The Hall–Kier alpha value is -12.3. The van der Waals surface area contributed by atoms with Crippen molar-refractivity contribution in [3.8, 4) is 0 Å². The normalized spacial score (nSPS) is 20.7. The molecule has 3 aromatic heterocycles. The van der Waals surface area contributed by atoms with Gasteiger partial charge in [-0.15, -0.1) is 0 Å². The number of Topliss-reactive ketones (excluding diaryl/α,β-unsaturated/α-hetero) is 2. The molecular formula is C93H93F14N11O10. The van der Waals surface area contributed by atoms with Crippen molar-refractivity contribution in [1.29, 1.82) is 0 Å². The van der Waals surface area contributed by atoms with Crippen molar-refractivity contribution in [2.45, 2.75) is 204 Å². The van der Waals surface area contributed by atoms with Crippen LogP contribution in [-0.4, -0.2) is 153 Å². The van der Waals surface area contributed by atoms with Gasteiger partial charge in [-0.05, 0) is 269 Å². The monoisotopic (exact) mass is 1790 g/mol. The highest BCUT2D eigenvalue weighted by Gasteiger charge is 2.56. The van der Waals surface area contributed by atoms with Crippen LogP contribution in [-0.2, 0) is 42.9 Å². The topological polar surface area (TPSA) is 277 Å². The number of alkyl halides is 8. The first-order valence-electron chi connectivity index (χ1n) is 41.5. The summed E-state index contributed by atoms with van der Waals surface area (Å²) in [5.41, 5.74) is -2.84. The third-order valence-electron chi connectivity index (χ3n) is 24.5. The van der Waals surface area contributed by atoms with E-state index < -0.39 is 164 Å². The molecule has 7 fully saturated rings. The number of aliphatic hydroxyl groups excluding tert-OH is 2. The van der Waals surface area contributed by atoms with Crippen molar-refractivity contribution in [3.05, 3.63) is 267 Å². The number of aryl methyl sites for hydroxylation is 4. The average molecular weight is 1790 g/mol. The number of pyridine rings is 3. The maximum Gasteiger partial charge on any atom is 0.366 e. The van der Waals surface area contributed by atoms with Crippen LogP contribution in [0, 0.1) is 74.4 Å². The average Bonchev–Trinajstić information content (AvgIpc) is 1.65. The zero-order valence-electron chi connectivity index (χ0n) is 70.4. The van der Waals surface area contributed by atoms with Gasteiger partial charge in [0, 0.05) is 131 Å². The molecule has 0 radical (unpaired) electrons. The number of likely N-dealkylation sites (tertiary alicyclic amines) is 1. The molecule has 128 heavy (non-hydrogen) atoms. The number of carbonyl (C=O) groups is 8. The number of anilines is 4. The number of benzene rings is 5. The Morgan fingerprint density at radius 3 is 1.04 bits per heavy atom. The Labute approximate surface area is 727 Å². The maximum atomic E-state index is 15.4. The summed E-state index contributed by atoms with van der Waals surface area (Å²) >= 11 is 0. The molecule has 0 aliphatic carbocycles. The predicted octanol–water partition coefficient (Wildman–Crippen LogP) is 17.6. The lowest BCUT2D eigenvalue weighted by Gasteiger charge is -2.42. The van der Waals surface area contributed by atoms with Gasteiger partial charge in [0.2, 0.25) is 0 Å². The van der Waals surface area contributed by atoms with Gasteiger partial charge in [-0.25, -0.2) is 26.3 Å². The van der Waals surface area contributed by atoms with Gasteiger partial charge in [0.1, 0.15) is 51.9 Å². The molecule has 6 bridgehead atoms. The molecule has 8 aromatic rings. The molecular weight excluding hydrogens is 1700 g/mol. The van der Waals surface area contributed by atoms with E-state index in [1.807, 2.05) is 0 Å². The Balaban J connectivity index is 0.000000155. The van der Waals surface area contributed by atoms with Gasteiger partial charge >= 0.3 is 23.7 Å². The Bertz CT molecular complexity index is 5400. The number of nitrogens with one attached hydrogen (secondary N) is 4. The first kappa shape index (κ1) is 94.9. The molecule has 5 aromatic carbocycles. The molecule has 7 aliphatic heterocycles. The van der Waals surface area contributed by atoms with E-state index in [4.69, 9.17) is 0 Å². The second kappa shape index (κ2) is 38.7. The molecule has 15 rings (SSSR count). The number of hydrogen-bond donors (Lipinski definition) is 6. The first-order chi connectivity index (χ1) is 60.3. The van der Waals surface area contributed by atoms with Crippen LogP contribution in [0.1, 0.15) is 190 Å². The quantitative estimate of drug-likeness (QED) is 0.0387. The standard InChI is InChI=1S/C24H23F5N2O2.2C24H24F3N3O3.C21H22F3N3O2/c1-12-7-15(9-21(26)22(12)27)30-23(33)14-3-6-20(25)19(8-14)24(28,29)13(2)31-16-4-5-17(31)11-18(32)10-16;2*1-13-9-17(3-6-20(13)25)29-22(32)15-7-8-28-21(12-15)24(26,27)23(33)30-18-4-5-19(30)11-16(10-18)14(2)31;1-13-11-16(3-4-18(13)22)26-20(29)15-5-8-25-19(12-15)21(23,24)14(2)27-9-6-17(28)7-10-27/h3,6-9,16-18,32H,2,4-5,10-11H2,1H3,(H,30,33);2*3,6-9,12,16,18-19H,4-5,10-11H2,1-2H3,(H,29,32);3-5,8,11-12,17,28H,2,6-7,9-10H2,1H3,(H,26,29)/t16-,17+,18?;2*16?,18-,19+;. The van der Waals surface area contributed by atoms with E-state index in [1.54, 1.807) is 6.92 Å². The lowest BCUT2D eigenvalue weighted by atomic mass is 9.87. The van der Waals surface area contributed by atoms with Crippen molar-refractivity contribution in [2.75, 3.05) is 34.4 Å². The third kappa shape index (κ3) is 20.9. The van der Waals surface area contributed by atoms with Crippen LogP contribution >= 0.6 is 0 Å². The molecule has 10 heterocycles. The zero-order chi connectivity index (χ0) is 93.1. The van der Waals surface area contributed by atoms with Crippen molar-refractivity contribution in [3.63, 3.8) is 0 Å². The van der Waals surface area contributed by atoms with Crippen LogP contribution in [0.5, 0.6) is 0 Å². The second-order valence-corrected chi connectivity index (χ2v) is 33.4. The fourth-order valence-electron chi connectivity index (χ4n) is 17.5.